The summed E-state index contributed by atoms with van der Waals surface area (Å²) in [6, 6.07) is 0. The molecule has 0 radical (unpaired) electrons. The number of anilines is 1. The third-order valence-electron chi connectivity index (χ3n) is 3.49. The van der Waals surface area contributed by atoms with E-state index in [0.29, 0.717) is 4.75 Å². The highest BCUT2D eigenvalue weighted by Crippen LogP contribution is 2.35. The molecule has 0 bridgehead atoms. The Kier molecular flexibility index (Phi) is 5.75. The highest BCUT2D eigenvalue weighted by Gasteiger charge is 2.29. The number of hydrogen-bond donors (Lipinski definition) is 1. The van der Waals surface area contributed by atoms with Gasteiger partial charge in [-0.25, -0.2) is 4.98 Å². The van der Waals surface area contributed by atoms with Gasteiger partial charge in [0.2, 0.25) is 0 Å². The molecule has 1 aliphatic rings. The first-order valence-electron chi connectivity index (χ1n) is 7.64. The lowest BCUT2D eigenvalue weighted by Gasteiger charge is -2.37. The van der Waals surface area contributed by atoms with Crippen LogP contribution in [0.5, 0.6) is 0 Å². The normalized spacial score (nSPS) is 18.5. The average Bonchev–Trinajstić information content (AvgIpc) is 2.79. The van der Waals surface area contributed by atoms with Gasteiger partial charge in [-0.1, -0.05) is 20.3 Å². The molecule has 1 N–H and O–H groups in total. The number of thioether (sulfide) groups is 1. The van der Waals surface area contributed by atoms with Crippen molar-refractivity contribution < 1.29 is 0 Å². The fourth-order valence-electron chi connectivity index (χ4n) is 2.49. The number of aryl methyl sites for hydroxylation is 1. The third-order valence-corrected chi connectivity index (χ3v) is 5.94. The number of nitrogens with one attached hydrogen (secondary N) is 1. The van der Waals surface area contributed by atoms with E-state index in [0.717, 1.165) is 32.6 Å². The van der Waals surface area contributed by atoms with Crippen molar-refractivity contribution in [2.75, 3.05) is 30.3 Å². The molecule has 0 unspecified atom stereocenters. The van der Waals surface area contributed by atoms with Crippen molar-refractivity contribution in [3.63, 3.8) is 0 Å². The van der Waals surface area contributed by atoms with Crippen LogP contribution in [-0.2, 0) is 13.0 Å². The van der Waals surface area contributed by atoms with Gasteiger partial charge in [0, 0.05) is 35.0 Å². The van der Waals surface area contributed by atoms with Crippen molar-refractivity contribution in [3.05, 3.63) is 10.6 Å². The van der Waals surface area contributed by atoms with Gasteiger partial charge in [-0.05, 0) is 26.8 Å². The Balaban J connectivity index is 2.14. The van der Waals surface area contributed by atoms with Crippen LogP contribution in [-0.4, -0.2) is 35.1 Å². The summed E-state index contributed by atoms with van der Waals surface area (Å²) >= 11 is 3.97. The van der Waals surface area contributed by atoms with Gasteiger partial charge in [-0.3, -0.25) is 0 Å². The van der Waals surface area contributed by atoms with Crippen LogP contribution in [0.4, 0.5) is 5.13 Å². The standard InChI is InChI=1S/C15H27N3S2/c1-5-7-12-13(10-16-6-2)20-14(17-12)18-8-9-19-15(3,4)11-18/h16H,5-11H2,1-4H3. The lowest BCUT2D eigenvalue weighted by atomic mass is 10.2. The first-order valence-corrected chi connectivity index (χ1v) is 9.44. The Labute approximate surface area is 131 Å². The number of nitrogens with zero attached hydrogens (tertiary/aromatic N) is 2. The molecular formula is C15H27N3S2. The maximum atomic E-state index is 4.94. The predicted octanol–water partition coefficient (Wildman–Crippen LogP) is 3.54. The van der Waals surface area contributed by atoms with Gasteiger partial charge in [0.1, 0.15) is 0 Å². The minimum atomic E-state index is 0.344. The van der Waals surface area contributed by atoms with Crippen LogP contribution in [0.25, 0.3) is 0 Å². The Morgan fingerprint density at radius 3 is 2.80 bits per heavy atom. The third kappa shape index (κ3) is 4.12. The first-order chi connectivity index (χ1) is 9.55. The highest BCUT2D eigenvalue weighted by molar-refractivity contribution is 8.00. The van der Waals surface area contributed by atoms with Crippen molar-refractivity contribution >= 4 is 28.2 Å². The maximum Gasteiger partial charge on any atom is 0.185 e. The number of rotatable bonds is 6. The van der Waals surface area contributed by atoms with E-state index in [1.807, 2.05) is 11.3 Å². The minimum absolute atomic E-state index is 0.344. The second-order valence-electron chi connectivity index (χ2n) is 5.93. The Morgan fingerprint density at radius 1 is 1.35 bits per heavy atom. The van der Waals surface area contributed by atoms with Crippen LogP contribution < -0.4 is 10.2 Å². The molecule has 0 amide bonds. The van der Waals surface area contributed by atoms with E-state index < -0.39 is 0 Å². The summed E-state index contributed by atoms with van der Waals surface area (Å²) in [5.74, 6) is 1.21. The molecule has 1 fully saturated rings. The quantitative estimate of drug-likeness (QED) is 0.869. The Bertz CT molecular complexity index is 429. The van der Waals surface area contributed by atoms with Gasteiger partial charge in [0.25, 0.3) is 0 Å². The second-order valence-corrected chi connectivity index (χ2v) is 8.79. The molecule has 0 aromatic carbocycles. The zero-order chi connectivity index (χ0) is 14.6. The number of thiazole rings is 1. The van der Waals surface area contributed by atoms with Gasteiger partial charge in [0.15, 0.2) is 5.13 Å². The second kappa shape index (κ2) is 7.14. The van der Waals surface area contributed by atoms with Crippen LogP contribution in [0.15, 0.2) is 0 Å². The fraction of sp³-hybridized carbons (Fsp3) is 0.800. The summed E-state index contributed by atoms with van der Waals surface area (Å²) in [6.07, 6.45) is 2.27. The molecule has 1 saturated heterocycles. The van der Waals surface area contributed by atoms with E-state index in [-0.39, 0.29) is 0 Å². The van der Waals surface area contributed by atoms with Crippen molar-refractivity contribution in [1.29, 1.82) is 0 Å². The molecule has 5 heteroatoms. The Morgan fingerprint density at radius 2 is 2.15 bits per heavy atom. The van der Waals surface area contributed by atoms with Gasteiger partial charge in [-0.15, -0.1) is 11.3 Å². The largest absolute Gasteiger partial charge is 0.346 e. The SMILES string of the molecule is CCCc1nc(N2CCSC(C)(C)C2)sc1CNCC. The number of aromatic nitrogens is 1. The molecule has 0 saturated carbocycles. The van der Waals surface area contributed by atoms with Crippen molar-refractivity contribution in [1.82, 2.24) is 10.3 Å². The lowest BCUT2D eigenvalue weighted by molar-refractivity contribution is 0.645. The van der Waals surface area contributed by atoms with Crippen LogP contribution in [0.2, 0.25) is 0 Å². The zero-order valence-corrected chi connectivity index (χ0v) is 14.8. The molecule has 1 aromatic rings. The summed E-state index contributed by atoms with van der Waals surface area (Å²) in [7, 11) is 0. The predicted molar refractivity (Wildman–Crippen MR) is 92.2 cm³/mol. The van der Waals surface area contributed by atoms with Crippen LogP contribution in [0.3, 0.4) is 0 Å². The van der Waals surface area contributed by atoms with Gasteiger partial charge >= 0.3 is 0 Å². The van der Waals surface area contributed by atoms with Crippen molar-refractivity contribution in [2.24, 2.45) is 0 Å². The monoisotopic (exact) mass is 313 g/mol. The fourth-order valence-corrected chi connectivity index (χ4v) is 4.71. The van der Waals surface area contributed by atoms with Crippen LogP contribution in [0.1, 0.15) is 44.7 Å². The van der Waals surface area contributed by atoms with Crippen molar-refractivity contribution in [2.45, 2.75) is 51.8 Å². The topological polar surface area (TPSA) is 28.2 Å². The van der Waals surface area contributed by atoms with E-state index in [2.05, 4.69) is 49.7 Å². The molecule has 0 atom stereocenters. The average molecular weight is 314 g/mol. The van der Waals surface area contributed by atoms with E-state index in [1.54, 1.807) is 0 Å². The van der Waals surface area contributed by atoms with E-state index in [9.17, 15) is 0 Å². The molecule has 2 rings (SSSR count). The summed E-state index contributed by atoms with van der Waals surface area (Å²) in [6.45, 7) is 13.3. The smallest absolute Gasteiger partial charge is 0.185 e. The summed E-state index contributed by atoms with van der Waals surface area (Å²) in [4.78, 5) is 8.85. The highest BCUT2D eigenvalue weighted by atomic mass is 32.2. The maximum absolute atomic E-state index is 4.94. The molecule has 0 spiro atoms. The molecule has 2 heterocycles. The van der Waals surface area contributed by atoms with E-state index in [4.69, 9.17) is 4.98 Å². The summed E-state index contributed by atoms with van der Waals surface area (Å²) < 4.78 is 0.344. The van der Waals surface area contributed by atoms with Gasteiger partial charge in [-0.2, -0.15) is 11.8 Å². The van der Waals surface area contributed by atoms with Crippen LogP contribution >= 0.6 is 23.1 Å². The molecule has 20 heavy (non-hydrogen) atoms. The van der Waals surface area contributed by atoms with Gasteiger partial charge in [0.05, 0.1) is 5.69 Å². The molecule has 0 aliphatic carbocycles. The summed E-state index contributed by atoms with van der Waals surface area (Å²) in [5, 5.41) is 4.67. The minimum Gasteiger partial charge on any atom is -0.346 e. The molecule has 3 nitrogen and oxygen atoms in total. The van der Waals surface area contributed by atoms with Crippen molar-refractivity contribution in [3.8, 4) is 0 Å². The molecular weight excluding hydrogens is 286 g/mol. The first kappa shape index (κ1) is 16.1. The lowest BCUT2D eigenvalue weighted by Crippen LogP contribution is -2.43. The van der Waals surface area contributed by atoms with Gasteiger partial charge < -0.3 is 10.2 Å². The van der Waals surface area contributed by atoms with E-state index >= 15 is 0 Å². The Hall–Kier alpha value is -0.260. The number of hydrogen-bond acceptors (Lipinski definition) is 5. The molecule has 1 aromatic heterocycles. The summed E-state index contributed by atoms with van der Waals surface area (Å²) in [5.41, 5.74) is 1.31. The zero-order valence-electron chi connectivity index (χ0n) is 13.2. The van der Waals surface area contributed by atoms with E-state index in [1.165, 1.54) is 27.9 Å². The van der Waals surface area contributed by atoms with Crippen LogP contribution in [0, 0.1) is 0 Å². The molecule has 1 aliphatic heterocycles. The molecule has 114 valence electrons.